The molecular weight excluding hydrogens is 308 g/mol. The number of amidine groups is 1. The Morgan fingerprint density at radius 1 is 1.42 bits per heavy atom. The molecule has 0 amide bonds. The molecule has 0 aromatic heterocycles. The summed E-state index contributed by atoms with van der Waals surface area (Å²) in [7, 11) is 0. The van der Waals surface area contributed by atoms with Crippen molar-refractivity contribution in [3.05, 3.63) is 27.7 Å². The summed E-state index contributed by atoms with van der Waals surface area (Å²) in [4.78, 5) is 0. The molecule has 0 saturated heterocycles. The average Bonchev–Trinajstić information content (AvgIpc) is 3.13. The van der Waals surface area contributed by atoms with Gasteiger partial charge in [-0.15, -0.1) is 0 Å². The van der Waals surface area contributed by atoms with Gasteiger partial charge in [-0.05, 0) is 49.9 Å². The molecule has 3 N–H and O–H groups in total. The van der Waals surface area contributed by atoms with Gasteiger partial charge in [-0.25, -0.2) is 0 Å². The minimum Gasteiger partial charge on any atom is -0.493 e. The van der Waals surface area contributed by atoms with Crippen molar-refractivity contribution in [3.8, 4) is 5.75 Å². The molecule has 104 valence electrons. The first-order valence-electron chi connectivity index (χ1n) is 6.32. The Balaban J connectivity index is 2.00. The number of aryl methyl sites for hydroxylation is 2. The molecular formula is C14H19BrN2O2. The maximum absolute atomic E-state index is 8.63. The third-order valence-electron chi connectivity index (χ3n) is 3.60. The van der Waals surface area contributed by atoms with Crippen molar-refractivity contribution in [2.45, 2.75) is 33.1 Å². The summed E-state index contributed by atoms with van der Waals surface area (Å²) in [6.07, 6.45) is 2.73. The Labute approximate surface area is 121 Å². The molecule has 0 aliphatic heterocycles. The van der Waals surface area contributed by atoms with E-state index in [4.69, 9.17) is 15.7 Å². The van der Waals surface area contributed by atoms with Gasteiger partial charge < -0.3 is 15.7 Å². The van der Waals surface area contributed by atoms with Gasteiger partial charge in [0.25, 0.3) is 0 Å². The van der Waals surface area contributed by atoms with E-state index in [1.165, 1.54) is 0 Å². The van der Waals surface area contributed by atoms with Crippen molar-refractivity contribution in [2.75, 3.05) is 6.61 Å². The van der Waals surface area contributed by atoms with Gasteiger partial charge in [0.1, 0.15) is 11.6 Å². The highest BCUT2D eigenvalue weighted by Gasteiger charge is 2.44. The largest absolute Gasteiger partial charge is 0.493 e. The minimum atomic E-state index is 0.0607. The molecule has 0 heterocycles. The van der Waals surface area contributed by atoms with E-state index in [-0.39, 0.29) is 11.3 Å². The quantitative estimate of drug-likeness (QED) is 0.377. The molecule has 5 heteroatoms. The third kappa shape index (κ3) is 3.41. The van der Waals surface area contributed by atoms with Crippen LogP contribution in [0.1, 0.15) is 30.4 Å². The van der Waals surface area contributed by atoms with E-state index in [1.54, 1.807) is 0 Å². The lowest BCUT2D eigenvalue weighted by Crippen LogP contribution is -2.22. The van der Waals surface area contributed by atoms with Crippen LogP contribution in [0.3, 0.4) is 0 Å². The van der Waals surface area contributed by atoms with E-state index in [1.807, 2.05) is 26.0 Å². The van der Waals surface area contributed by atoms with E-state index >= 15 is 0 Å². The van der Waals surface area contributed by atoms with E-state index in [9.17, 15) is 0 Å². The number of rotatable bonds is 5. The normalized spacial score (nSPS) is 17.3. The van der Waals surface area contributed by atoms with Crippen LogP contribution in [0.5, 0.6) is 5.75 Å². The first-order valence-corrected chi connectivity index (χ1v) is 7.11. The van der Waals surface area contributed by atoms with Crippen LogP contribution in [-0.4, -0.2) is 17.6 Å². The van der Waals surface area contributed by atoms with Crippen LogP contribution in [0.2, 0.25) is 0 Å². The lowest BCUT2D eigenvalue weighted by molar-refractivity contribution is 0.236. The number of hydrogen-bond donors (Lipinski definition) is 2. The average molecular weight is 327 g/mol. The van der Waals surface area contributed by atoms with Crippen LogP contribution in [0.4, 0.5) is 0 Å². The van der Waals surface area contributed by atoms with Crippen LogP contribution in [0.15, 0.2) is 21.8 Å². The molecule has 19 heavy (non-hydrogen) atoms. The number of hydrogen-bond acceptors (Lipinski definition) is 3. The van der Waals surface area contributed by atoms with Gasteiger partial charge in [0.15, 0.2) is 0 Å². The Kier molecular flexibility index (Phi) is 4.04. The van der Waals surface area contributed by atoms with Crippen LogP contribution in [0, 0.1) is 19.3 Å². The lowest BCUT2D eigenvalue weighted by Gasteiger charge is -2.16. The zero-order valence-electron chi connectivity index (χ0n) is 11.2. The smallest absolute Gasteiger partial charge is 0.139 e. The molecule has 0 unspecified atom stereocenters. The number of oxime groups is 1. The molecule has 1 aromatic carbocycles. The molecule has 1 aliphatic carbocycles. The van der Waals surface area contributed by atoms with Gasteiger partial charge in [-0.1, -0.05) is 21.1 Å². The van der Waals surface area contributed by atoms with E-state index in [0.29, 0.717) is 13.0 Å². The molecule has 2 rings (SSSR count). The SMILES string of the molecule is Cc1cc(OCC2(C/C(N)=N/O)CC2)cc(C)c1Br. The Hall–Kier alpha value is -1.23. The van der Waals surface area contributed by atoms with Crippen LogP contribution < -0.4 is 10.5 Å². The summed E-state index contributed by atoms with van der Waals surface area (Å²) < 4.78 is 7.01. The Bertz CT molecular complexity index is 487. The van der Waals surface area contributed by atoms with E-state index in [2.05, 4.69) is 21.1 Å². The summed E-state index contributed by atoms with van der Waals surface area (Å²) >= 11 is 3.54. The van der Waals surface area contributed by atoms with Gasteiger partial charge >= 0.3 is 0 Å². The first kappa shape index (κ1) is 14.2. The molecule has 4 nitrogen and oxygen atoms in total. The number of benzene rings is 1. The fourth-order valence-corrected chi connectivity index (χ4v) is 2.42. The fraction of sp³-hybridized carbons (Fsp3) is 0.500. The van der Waals surface area contributed by atoms with Crippen molar-refractivity contribution in [1.29, 1.82) is 0 Å². The maximum Gasteiger partial charge on any atom is 0.139 e. The number of ether oxygens (including phenoxy) is 1. The third-order valence-corrected chi connectivity index (χ3v) is 4.85. The lowest BCUT2D eigenvalue weighted by atomic mass is 10.0. The topological polar surface area (TPSA) is 67.8 Å². The van der Waals surface area contributed by atoms with Gasteiger partial charge in [0.05, 0.1) is 6.61 Å². The second-order valence-electron chi connectivity index (χ2n) is 5.43. The number of halogens is 1. The van der Waals surface area contributed by atoms with Crippen molar-refractivity contribution in [1.82, 2.24) is 0 Å². The second kappa shape index (κ2) is 5.41. The zero-order chi connectivity index (χ0) is 14.0. The van der Waals surface area contributed by atoms with Gasteiger partial charge in [-0.3, -0.25) is 0 Å². The van der Waals surface area contributed by atoms with Crippen molar-refractivity contribution in [3.63, 3.8) is 0 Å². The summed E-state index contributed by atoms with van der Waals surface area (Å²) in [5, 5.41) is 11.7. The minimum absolute atomic E-state index is 0.0607. The molecule has 1 saturated carbocycles. The monoisotopic (exact) mass is 326 g/mol. The highest BCUT2D eigenvalue weighted by Crippen LogP contribution is 2.49. The highest BCUT2D eigenvalue weighted by molar-refractivity contribution is 9.10. The van der Waals surface area contributed by atoms with Gasteiger partial charge in [0, 0.05) is 16.3 Å². The predicted octanol–water partition coefficient (Wildman–Crippen LogP) is 3.36. The molecule has 1 fully saturated rings. The summed E-state index contributed by atoms with van der Waals surface area (Å²) in [5.41, 5.74) is 7.96. The van der Waals surface area contributed by atoms with Crippen LogP contribution in [-0.2, 0) is 0 Å². The van der Waals surface area contributed by atoms with Crippen molar-refractivity contribution >= 4 is 21.8 Å². The van der Waals surface area contributed by atoms with Crippen LogP contribution >= 0.6 is 15.9 Å². The molecule has 1 aromatic rings. The molecule has 0 atom stereocenters. The summed E-state index contributed by atoms with van der Waals surface area (Å²) in [6, 6.07) is 4.05. The van der Waals surface area contributed by atoms with Crippen molar-refractivity contribution < 1.29 is 9.94 Å². The zero-order valence-corrected chi connectivity index (χ0v) is 12.8. The van der Waals surface area contributed by atoms with Crippen LogP contribution in [0.25, 0.3) is 0 Å². The molecule has 1 aliphatic rings. The fourth-order valence-electron chi connectivity index (χ4n) is 2.19. The summed E-state index contributed by atoms with van der Waals surface area (Å²) in [5.74, 6) is 1.16. The number of nitrogens with zero attached hydrogens (tertiary/aromatic N) is 1. The van der Waals surface area contributed by atoms with E-state index in [0.717, 1.165) is 34.2 Å². The van der Waals surface area contributed by atoms with Gasteiger partial charge in [-0.2, -0.15) is 0 Å². The molecule has 0 bridgehead atoms. The predicted molar refractivity (Wildman–Crippen MR) is 78.8 cm³/mol. The number of nitrogens with two attached hydrogens (primary N) is 1. The Morgan fingerprint density at radius 3 is 2.47 bits per heavy atom. The Morgan fingerprint density at radius 2 is 2.00 bits per heavy atom. The first-order chi connectivity index (χ1) is 8.96. The second-order valence-corrected chi connectivity index (χ2v) is 6.22. The highest BCUT2D eigenvalue weighted by atomic mass is 79.9. The molecule has 0 radical (unpaired) electrons. The van der Waals surface area contributed by atoms with Gasteiger partial charge in [0.2, 0.25) is 0 Å². The maximum atomic E-state index is 8.63. The standard InChI is InChI=1S/C14H19BrN2O2/c1-9-5-11(6-10(2)13(9)15)19-8-14(3-4-14)7-12(16)17-18/h5-6,18H,3-4,7-8H2,1-2H3,(H2,16,17). The van der Waals surface area contributed by atoms with E-state index < -0.39 is 0 Å². The van der Waals surface area contributed by atoms with Crippen molar-refractivity contribution in [2.24, 2.45) is 16.3 Å². The molecule has 0 spiro atoms. The summed E-state index contributed by atoms with van der Waals surface area (Å²) in [6.45, 7) is 4.71.